The molecule has 0 radical (unpaired) electrons. The summed E-state index contributed by atoms with van der Waals surface area (Å²) in [6, 6.07) is 0. The van der Waals surface area contributed by atoms with Crippen molar-refractivity contribution in [1.82, 2.24) is 4.72 Å². The van der Waals surface area contributed by atoms with Crippen LogP contribution in [0, 0.1) is 0 Å². The molecule has 0 spiro atoms. The fourth-order valence-corrected chi connectivity index (χ4v) is 1.96. The highest BCUT2D eigenvalue weighted by molar-refractivity contribution is 7.83. The molecule has 0 amide bonds. The van der Waals surface area contributed by atoms with Crippen molar-refractivity contribution in [3.8, 4) is 0 Å². The molecule has 1 saturated heterocycles. The predicted octanol–water partition coefficient (Wildman–Crippen LogP) is -4.50. The van der Waals surface area contributed by atoms with E-state index in [2.05, 4.69) is 4.74 Å². The van der Waals surface area contributed by atoms with Crippen LogP contribution in [0.2, 0.25) is 0 Å². The van der Waals surface area contributed by atoms with Crippen molar-refractivity contribution in [3.63, 3.8) is 0 Å². The summed E-state index contributed by atoms with van der Waals surface area (Å²) in [7, 11) is -4.95. The number of nitrogens with one attached hydrogen (secondary N) is 1. The number of hydrogen-bond donors (Lipinski definition) is 7. The summed E-state index contributed by atoms with van der Waals surface area (Å²) >= 11 is 0. The van der Waals surface area contributed by atoms with Gasteiger partial charge in [-0.1, -0.05) is 0 Å². The Kier molecular flexibility index (Phi) is 4.08. The molecule has 0 aromatic carbocycles. The lowest BCUT2D eigenvalue weighted by Crippen LogP contribution is -2.71. The zero-order valence-electron chi connectivity index (χ0n) is 8.33. The van der Waals surface area contributed by atoms with E-state index in [0.29, 0.717) is 0 Å². The monoisotopic (exact) mass is 275 g/mol. The van der Waals surface area contributed by atoms with E-state index in [1.165, 1.54) is 0 Å². The van der Waals surface area contributed by atoms with Crippen LogP contribution >= 0.6 is 0 Å². The van der Waals surface area contributed by atoms with Crippen LogP contribution < -0.4 is 4.72 Å². The molecular weight excluding hydrogens is 262 g/mol. The summed E-state index contributed by atoms with van der Waals surface area (Å²) in [5, 5.41) is 46.3. The lowest BCUT2D eigenvalue weighted by atomic mass is 9.97. The standard InChI is InChI=1S/C6H13NO9S/c8-1-2-3(9)4(10)5(11)6(12,16-2)7-17(13,14)15/h2-5,7-12H,1H2,(H,13,14,15)/t2-,3-,4+,5-,6?/m1/s1. The second-order valence-corrected chi connectivity index (χ2v) is 4.69. The molecule has 1 aliphatic rings. The van der Waals surface area contributed by atoms with Gasteiger partial charge in [0.15, 0.2) is 6.10 Å². The van der Waals surface area contributed by atoms with Crippen molar-refractivity contribution < 1.29 is 43.2 Å². The Morgan fingerprint density at radius 1 is 1.24 bits per heavy atom. The van der Waals surface area contributed by atoms with E-state index in [9.17, 15) is 28.8 Å². The average molecular weight is 275 g/mol. The molecule has 102 valence electrons. The molecule has 0 bridgehead atoms. The first kappa shape index (κ1) is 14.7. The topological polar surface area (TPSA) is 177 Å². The van der Waals surface area contributed by atoms with Crippen LogP contribution in [-0.2, 0) is 15.0 Å². The first-order valence-electron chi connectivity index (χ1n) is 4.42. The Balaban J connectivity index is 2.99. The Hall–Kier alpha value is -0.370. The molecule has 1 fully saturated rings. The van der Waals surface area contributed by atoms with Crippen molar-refractivity contribution >= 4 is 10.3 Å². The van der Waals surface area contributed by atoms with Gasteiger partial charge in [-0.15, -0.1) is 4.72 Å². The number of rotatable bonds is 3. The minimum absolute atomic E-state index is 0.861. The molecule has 5 atom stereocenters. The maximum absolute atomic E-state index is 10.5. The molecule has 1 aliphatic heterocycles. The van der Waals surface area contributed by atoms with Crippen molar-refractivity contribution in [3.05, 3.63) is 0 Å². The van der Waals surface area contributed by atoms with Crippen molar-refractivity contribution in [2.24, 2.45) is 0 Å². The first-order valence-corrected chi connectivity index (χ1v) is 5.86. The maximum atomic E-state index is 10.5. The Morgan fingerprint density at radius 3 is 2.18 bits per heavy atom. The quantitative estimate of drug-likeness (QED) is 0.197. The predicted molar refractivity (Wildman–Crippen MR) is 49.6 cm³/mol. The molecule has 10 nitrogen and oxygen atoms in total. The van der Waals surface area contributed by atoms with E-state index < -0.39 is 47.2 Å². The zero-order valence-corrected chi connectivity index (χ0v) is 9.15. The second-order valence-electron chi connectivity index (χ2n) is 3.54. The molecule has 0 aromatic heterocycles. The number of ether oxygens (including phenoxy) is 1. The van der Waals surface area contributed by atoms with Crippen LogP contribution in [0.25, 0.3) is 0 Å². The molecule has 11 heteroatoms. The van der Waals surface area contributed by atoms with Crippen LogP contribution in [0.1, 0.15) is 0 Å². The summed E-state index contributed by atoms with van der Waals surface area (Å²) in [6.07, 6.45) is -7.53. The summed E-state index contributed by atoms with van der Waals surface area (Å²) in [5.74, 6) is -3.06. The third-order valence-electron chi connectivity index (χ3n) is 2.24. The van der Waals surface area contributed by atoms with Crippen LogP contribution in [0.4, 0.5) is 0 Å². The molecular formula is C6H13NO9S. The molecule has 1 heterocycles. The maximum Gasteiger partial charge on any atom is 0.337 e. The van der Waals surface area contributed by atoms with Gasteiger partial charge in [-0.25, -0.2) is 0 Å². The van der Waals surface area contributed by atoms with Gasteiger partial charge in [-0.3, -0.25) is 4.55 Å². The molecule has 1 rings (SSSR count). The van der Waals surface area contributed by atoms with Crippen molar-refractivity contribution in [2.75, 3.05) is 6.61 Å². The van der Waals surface area contributed by atoms with E-state index in [-0.39, 0.29) is 0 Å². The fraction of sp³-hybridized carbons (Fsp3) is 1.00. The number of aliphatic hydroxyl groups is 5. The normalized spacial score (nSPS) is 43.6. The molecule has 0 aromatic rings. The van der Waals surface area contributed by atoms with Gasteiger partial charge in [-0.2, -0.15) is 8.42 Å². The minimum Gasteiger partial charge on any atom is -0.394 e. The smallest absolute Gasteiger partial charge is 0.337 e. The molecule has 0 aliphatic carbocycles. The number of hydrogen-bond acceptors (Lipinski definition) is 8. The summed E-state index contributed by atoms with van der Waals surface area (Å²) in [4.78, 5) is 0. The van der Waals surface area contributed by atoms with E-state index in [1.54, 1.807) is 0 Å². The average Bonchev–Trinajstić information content (AvgIpc) is 2.18. The highest BCUT2D eigenvalue weighted by atomic mass is 32.2. The van der Waals surface area contributed by atoms with Crippen LogP contribution in [-0.4, -0.2) is 75.4 Å². The molecule has 7 N–H and O–H groups in total. The van der Waals surface area contributed by atoms with Crippen LogP contribution in [0.15, 0.2) is 0 Å². The van der Waals surface area contributed by atoms with Gasteiger partial charge in [0.2, 0.25) is 0 Å². The largest absolute Gasteiger partial charge is 0.394 e. The first-order chi connectivity index (χ1) is 7.60. The molecule has 0 saturated carbocycles. The van der Waals surface area contributed by atoms with Gasteiger partial charge in [0.1, 0.15) is 18.3 Å². The van der Waals surface area contributed by atoms with Gasteiger partial charge < -0.3 is 30.3 Å². The Labute approximate surface area is 96.0 Å². The van der Waals surface area contributed by atoms with Gasteiger partial charge in [0, 0.05) is 0 Å². The lowest BCUT2D eigenvalue weighted by Gasteiger charge is -2.44. The second kappa shape index (κ2) is 4.72. The van der Waals surface area contributed by atoms with Gasteiger partial charge in [0.05, 0.1) is 6.61 Å². The van der Waals surface area contributed by atoms with E-state index in [0.717, 1.165) is 4.72 Å². The van der Waals surface area contributed by atoms with Crippen LogP contribution in [0.3, 0.4) is 0 Å². The van der Waals surface area contributed by atoms with Gasteiger partial charge in [-0.05, 0) is 0 Å². The molecule has 1 unspecified atom stereocenters. The number of aliphatic hydroxyl groups excluding tert-OH is 4. The molecule has 17 heavy (non-hydrogen) atoms. The van der Waals surface area contributed by atoms with Gasteiger partial charge >= 0.3 is 10.3 Å². The third kappa shape index (κ3) is 3.09. The van der Waals surface area contributed by atoms with Gasteiger partial charge in [0.25, 0.3) is 5.91 Å². The minimum atomic E-state index is -4.95. The zero-order chi connectivity index (χ0) is 13.4. The highest BCUT2D eigenvalue weighted by Crippen LogP contribution is 2.26. The van der Waals surface area contributed by atoms with Crippen LogP contribution in [0.5, 0.6) is 0 Å². The van der Waals surface area contributed by atoms with E-state index in [1.807, 2.05) is 0 Å². The Morgan fingerprint density at radius 2 is 1.76 bits per heavy atom. The third-order valence-corrected chi connectivity index (χ3v) is 2.79. The summed E-state index contributed by atoms with van der Waals surface area (Å²) in [5.41, 5.74) is 0. The summed E-state index contributed by atoms with van der Waals surface area (Å²) in [6.45, 7) is -0.861. The van der Waals surface area contributed by atoms with E-state index >= 15 is 0 Å². The fourth-order valence-electron chi connectivity index (χ4n) is 1.42. The van der Waals surface area contributed by atoms with Crippen molar-refractivity contribution in [2.45, 2.75) is 30.3 Å². The van der Waals surface area contributed by atoms with E-state index in [4.69, 9.17) is 9.66 Å². The summed E-state index contributed by atoms with van der Waals surface area (Å²) < 4.78 is 35.1. The lowest BCUT2D eigenvalue weighted by molar-refractivity contribution is -0.354. The highest BCUT2D eigenvalue weighted by Gasteiger charge is 2.54. The van der Waals surface area contributed by atoms with Crippen molar-refractivity contribution in [1.29, 1.82) is 0 Å². The Bertz CT molecular complexity index is 370. The SMILES string of the molecule is O=S(=O)(O)NC1(O)O[C@H](CO)[C@@H](O)[C@H](O)[C@H]1O.